The third-order valence-corrected chi connectivity index (χ3v) is 3.85. The summed E-state index contributed by atoms with van der Waals surface area (Å²) in [6.45, 7) is 3.85. The molecule has 0 bridgehead atoms. The molecule has 3 nitrogen and oxygen atoms in total. The first-order chi connectivity index (χ1) is 9.04. The van der Waals surface area contributed by atoms with Crippen LogP contribution in [0.3, 0.4) is 0 Å². The Kier molecular flexibility index (Phi) is 6.95. The Labute approximate surface area is 119 Å². The van der Waals surface area contributed by atoms with Crippen molar-refractivity contribution in [1.82, 2.24) is 5.32 Å². The first-order valence-electron chi connectivity index (χ1n) is 6.57. The average molecular weight is 281 g/mol. The van der Waals surface area contributed by atoms with Gasteiger partial charge in [0.2, 0.25) is 5.91 Å². The van der Waals surface area contributed by atoms with Crippen LogP contribution in [0.2, 0.25) is 0 Å². The minimum Gasteiger partial charge on any atom is -0.388 e. The van der Waals surface area contributed by atoms with E-state index in [1.807, 2.05) is 50.4 Å². The first-order valence-corrected chi connectivity index (χ1v) is 7.96. The third kappa shape index (κ3) is 5.66. The normalized spacial score (nSPS) is 15.6. The van der Waals surface area contributed by atoms with Crippen molar-refractivity contribution in [1.29, 1.82) is 0 Å². The Morgan fingerprint density at radius 1 is 1.32 bits per heavy atom. The molecule has 19 heavy (non-hydrogen) atoms. The van der Waals surface area contributed by atoms with Crippen molar-refractivity contribution in [3.63, 3.8) is 0 Å². The lowest BCUT2D eigenvalue weighted by molar-refractivity contribution is -0.124. The fourth-order valence-corrected chi connectivity index (χ4v) is 2.57. The van der Waals surface area contributed by atoms with Crippen molar-refractivity contribution in [2.24, 2.45) is 5.92 Å². The highest BCUT2D eigenvalue weighted by Gasteiger charge is 2.17. The Bertz CT molecular complexity index is 383. The highest BCUT2D eigenvalue weighted by molar-refractivity contribution is 7.98. The molecule has 2 N–H and O–H groups in total. The predicted molar refractivity (Wildman–Crippen MR) is 81.2 cm³/mol. The number of nitrogens with one attached hydrogen (secondary N) is 1. The van der Waals surface area contributed by atoms with Crippen molar-refractivity contribution in [2.45, 2.75) is 32.4 Å². The molecule has 0 aliphatic heterocycles. The van der Waals surface area contributed by atoms with E-state index in [1.54, 1.807) is 11.8 Å². The maximum absolute atomic E-state index is 11.9. The molecule has 0 spiro atoms. The van der Waals surface area contributed by atoms with Gasteiger partial charge >= 0.3 is 0 Å². The van der Waals surface area contributed by atoms with Gasteiger partial charge in [0.15, 0.2) is 0 Å². The van der Waals surface area contributed by atoms with Gasteiger partial charge in [0.1, 0.15) is 0 Å². The lowest BCUT2D eigenvalue weighted by atomic mass is 10.0. The second kappa shape index (κ2) is 8.23. The molecule has 0 aromatic heterocycles. The minimum atomic E-state index is -0.535. The second-order valence-corrected chi connectivity index (χ2v) is 5.84. The third-order valence-electron chi connectivity index (χ3n) is 3.01. The molecule has 0 aliphatic rings. The predicted octanol–water partition coefficient (Wildman–Crippen LogP) is 2.61. The number of carbonyl (C=O) groups excluding carboxylic acids is 1. The zero-order chi connectivity index (χ0) is 14.3. The fourth-order valence-electron chi connectivity index (χ4n) is 1.92. The molecule has 106 valence electrons. The summed E-state index contributed by atoms with van der Waals surface area (Å²) in [6.07, 6.45) is 1.99. The van der Waals surface area contributed by atoms with Crippen LogP contribution >= 0.6 is 11.8 Å². The lowest BCUT2D eigenvalue weighted by Gasteiger charge is -2.20. The van der Waals surface area contributed by atoms with Crippen LogP contribution in [-0.4, -0.2) is 29.1 Å². The SMILES string of the molecule is CSCC(C)C(=O)NC(C)CC(O)c1ccccc1. The summed E-state index contributed by atoms with van der Waals surface area (Å²) in [5, 5.41) is 13.0. The van der Waals surface area contributed by atoms with Crippen molar-refractivity contribution in [3.05, 3.63) is 35.9 Å². The average Bonchev–Trinajstić information content (AvgIpc) is 2.39. The maximum atomic E-state index is 11.9. The maximum Gasteiger partial charge on any atom is 0.223 e. The van der Waals surface area contributed by atoms with Gasteiger partial charge in [-0.05, 0) is 25.2 Å². The molecule has 0 saturated heterocycles. The summed E-state index contributed by atoms with van der Waals surface area (Å²) in [7, 11) is 0. The zero-order valence-electron chi connectivity index (χ0n) is 11.8. The summed E-state index contributed by atoms with van der Waals surface area (Å²) in [5.74, 6) is 0.883. The van der Waals surface area contributed by atoms with Crippen LogP contribution in [0, 0.1) is 5.92 Å². The van der Waals surface area contributed by atoms with E-state index in [4.69, 9.17) is 0 Å². The fraction of sp³-hybridized carbons (Fsp3) is 0.533. The van der Waals surface area contributed by atoms with E-state index >= 15 is 0 Å². The molecule has 3 unspecified atom stereocenters. The van der Waals surface area contributed by atoms with Gasteiger partial charge in [-0.1, -0.05) is 37.3 Å². The van der Waals surface area contributed by atoms with Crippen LogP contribution in [0.15, 0.2) is 30.3 Å². The molecule has 0 fully saturated rings. The van der Waals surface area contributed by atoms with E-state index in [9.17, 15) is 9.90 Å². The lowest BCUT2D eigenvalue weighted by Crippen LogP contribution is -2.38. The molecular weight excluding hydrogens is 258 g/mol. The molecule has 0 saturated carbocycles. The Morgan fingerprint density at radius 3 is 2.53 bits per heavy atom. The van der Waals surface area contributed by atoms with Crippen LogP contribution < -0.4 is 5.32 Å². The summed E-state index contributed by atoms with van der Waals surface area (Å²) >= 11 is 1.67. The minimum absolute atomic E-state index is 0.00585. The number of carbonyl (C=O) groups is 1. The Hall–Kier alpha value is -1.00. The summed E-state index contributed by atoms with van der Waals surface area (Å²) in [4.78, 5) is 11.9. The number of hydrogen-bond donors (Lipinski definition) is 2. The number of aliphatic hydroxyl groups is 1. The number of rotatable bonds is 7. The van der Waals surface area contributed by atoms with Crippen LogP contribution in [0.25, 0.3) is 0 Å². The van der Waals surface area contributed by atoms with Crippen molar-refractivity contribution >= 4 is 17.7 Å². The van der Waals surface area contributed by atoms with E-state index in [0.29, 0.717) is 6.42 Å². The van der Waals surface area contributed by atoms with E-state index in [1.165, 1.54) is 0 Å². The molecule has 1 aromatic rings. The van der Waals surface area contributed by atoms with Crippen LogP contribution in [-0.2, 0) is 4.79 Å². The quantitative estimate of drug-likeness (QED) is 0.807. The standard InChI is InChI=1S/C15H23NO2S/c1-11(10-19-3)15(18)16-12(2)9-14(17)13-7-5-4-6-8-13/h4-8,11-12,14,17H,9-10H2,1-3H3,(H,16,18). The summed E-state index contributed by atoms with van der Waals surface area (Å²) in [5.41, 5.74) is 0.890. The van der Waals surface area contributed by atoms with E-state index in [0.717, 1.165) is 11.3 Å². The monoisotopic (exact) mass is 281 g/mol. The van der Waals surface area contributed by atoms with Gasteiger partial charge in [-0.25, -0.2) is 0 Å². The molecule has 0 aliphatic carbocycles. The molecule has 0 heterocycles. The molecule has 4 heteroatoms. The largest absolute Gasteiger partial charge is 0.388 e. The van der Waals surface area contributed by atoms with Crippen LogP contribution in [0.4, 0.5) is 0 Å². The number of hydrogen-bond acceptors (Lipinski definition) is 3. The van der Waals surface area contributed by atoms with Crippen molar-refractivity contribution in [2.75, 3.05) is 12.0 Å². The number of thioether (sulfide) groups is 1. The van der Waals surface area contributed by atoms with Crippen LogP contribution in [0.1, 0.15) is 31.9 Å². The van der Waals surface area contributed by atoms with E-state index in [-0.39, 0.29) is 17.9 Å². The van der Waals surface area contributed by atoms with Gasteiger partial charge in [0.25, 0.3) is 0 Å². The number of aliphatic hydroxyl groups excluding tert-OH is 1. The van der Waals surface area contributed by atoms with Gasteiger partial charge in [-0.15, -0.1) is 0 Å². The molecule has 3 atom stereocenters. The topological polar surface area (TPSA) is 49.3 Å². The van der Waals surface area contributed by atoms with E-state index in [2.05, 4.69) is 5.32 Å². The van der Waals surface area contributed by atoms with Crippen molar-refractivity contribution < 1.29 is 9.90 Å². The highest BCUT2D eigenvalue weighted by Crippen LogP contribution is 2.18. The van der Waals surface area contributed by atoms with Gasteiger partial charge in [-0.2, -0.15) is 11.8 Å². The Balaban J connectivity index is 2.43. The smallest absolute Gasteiger partial charge is 0.223 e. The number of benzene rings is 1. The summed E-state index contributed by atoms with van der Waals surface area (Å²) in [6, 6.07) is 9.49. The van der Waals surface area contributed by atoms with Gasteiger partial charge in [0.05, 0.1) is 6.10 Å². The highest BCUT2D eigenvalue weighted by atomic mass is 32.2. The van der Waals surface area contributed by atoms with Crippen LogP contribution in [0.5, 0.6) is 0 Å². The molecule has 1 amide bonds. The van der Waals surface area contributed by atoms with Gasteiger partial charge in [0, 0.05) is 17.7 Å². The summed E-state index contributed by atoms with van der Waals surface area (Å²) < 4.78 is 0. The number of amides is 1. The molecule has 1 rings (SSSR count). The van der Waals surface area contributed by atoms with Gasteiger partial charge < -0.3 is 10.4 Å². The van der Waals surface area contributed by atoms with E-state index < -0.39 is 6.10 Å². The van der Waals surface area contributed by atoms with Crippen molar-refractivity contribution in [3.8, 4) is 0 Å². The molecular formula is C15H23NO2S. The zero-order valence-corrected chi connectivity index (χ0v) is 12.6. The second-order valence-electron chi connectivity index (χ2n) is 4.93. The molecule has 1 aromatic carbocycles. The first kappa shape index (κ1) is 16.1. The molecule has 0 radical (unpaired) electrons. The Morgan fingerprint density at radius 2 is 1.95 bits per heavy atom. The van der Waals surface area contributed by atoms with Gasteiger partial charge in [-0.3, -0.25) is 4.79 Å².